The maximum Gasteiger partial charge on any atom is 0.255 e. The van der Waals surface area contributed by atoms with E-state index in [0.717, 1.165) is 29.8 Å². The molecule has 1 aromatic rings. The van der Waals surface area contributed by atoms with Crippen LogP contribution in [0.15, 0.2) is 16.7 Å². The van der Waals surface area contributed by atoms with Crippen LogP contribution in [0.5, 0.6) is 0 Å². The lowest BCUT2D eigenvalue weighted by atomic mass is 9.78. The third kappa shape index (κ3) is 2.97. The van der Waals surface area contributed by atoms with E-state index in [1.54, 1.807) is 6.07 Å². The molecule has 0 unspecified atom stereocenters. The van der Waals surface area contributed by atoms with E-state index in [1.807, 2.05) is 6.92 Å². The SMILES string of the molecule is Cc1cc(C(=O)NC2(CBr)CCC(C)CC2)co1. The maximum absolute atomic E-state index is 12.2. The van der Waals surface area contributed by atoms with Crippen LogP contribution in [0.1, 0.15) is 48.7 Å². The molecule has 4 heteroatoms. The lowest BCUT2D eigenvalue weighted by Crippen LogP contribution is -2.51. The predicted molar refractivity (Wildman–Crippen MR) is 75.1 cm³/mol. The van der Waals surface area contributed by atoms with Crippen LogP contribution < -0.4 is 5.32 Å². The van der Waals surface area contributed by atoms with Gasteiger partial charge in [-0.2, -0.15) is 0 Å². The van der Waals surface area contributed by atoms with E-state index in [0.29, 0.717) is 5.56 Å². The maximum atomic E-state index is 12.2. The first kappa shape index (κ1) is 13.7. The van der Waals surface area contributed by atoms with E-state index in [9.17, 15) is 4.79 Å². The molecule has 0 radical (unpaired) electrons. The highest BCUT2D eigenvalue weighted by Gasteiger charge is 2.34. The van der Waals surface area contributed by atoms with Crippen molar-refractivity contribution in [3.05, 3.63) is 23.7 Å². The minimum atomic E-state index is -0.0885. The second kappa shape index (κ2) is 5.47. The van der Waals surface area contributed by atoms with Gasteiger partial charge in [0.1, 0.15) is 12.0 Å². The fourth-order valence-corrected chi connectivity index (χ4v) is 3.18. The lowest BCUT2D eigenvalue weighted by Gasteiger charge is -2.38. The van der Waals surface area contributed by atoms with Gasteiger partial charge in [0.2, 0.25) is 0 Å². The predicted octanol–water partition coefficient (Wildman–Crippen LogP) is 3.66. The number of carbonyl (C=O) groups excluding carboxylic acids is 1. The monoisotopic (exact) mass is 313 g/mol. The average Bonchev–Trinajstić information content (AvgIpc) is 2.79. The summed E-state index contributed by atoms with van der Waals surface area (Å²) in [5.74, 6) is 1.51. The Bertz CT molecular complexity index is 419. The molecule has 0 saturated heterocycles. The molecule has 0 spiro atoms. The Morgan fingerprint density at radius 3 is 2.72 bits per heavy atom. The zero-order valence-electron chi connectivity index (χ0n) is 11.0. The summed E-state index contributed by atoms with van der Waals surface area (Å²) in [6.45, 7) is 4.12. The molecule has 1 amide bonds. The number of hydrogen-bond donors (Lipinski definition) is 1. The summed E-state index contributed by atoms with van der Waals surface area (Å²) in [6, 6.07) is 1.78. The molecule has 100 valence electrons. The summed E-state index contributed by atoms with van der Waals surface area (Å²) in [6.07, 6.45) is 5.97. The van der Waals surface area contributed by atoms with Crippen LogP contribution in [0.4, 0.5) is 0 Å². The third-order valence-electron chi connectivity index (χ3n) is 3.86. The van der Waals surface area contributed by atoms with E-state index in [2.05, 4.69) is 28.2 Å². The molecule has 2 rings (SSSR count). The van der Waals surface area contributed by atoms with Crippen molar-refractivity contribution in [1.29, 1.82) is 0 Å². The topological polar surface area (TPSA) is 42.2 Å². The fraction of sp³-hybridized carbons (Fsp3) is 0.643. The Kier molecular flexibility index (Phi) is 4.15. The molecule has 1 heterocycles. The van der Waals surface area contributed by atoms with Crippen molar-refractivity contribution in [2.24, 2.45) is 5.92 Å². The van der Waals surface area contributed by atoms with Crippen molar-refractivity contribution in [3.63, 3.8) is 0 Å². The van der Waals surface area contributed by atoms with Crippen LogP contribution in [0, 0.1) is 12.8 Å². The second-order valence-electron chi connectivity index (χ2n) is 5.50. The van der Waals surface area contributed by atoms with Crippen molar-refractivity contribution in [1.82, 2.24) is 5.32 Å². The molecule has 0 bridgehead atoms. The van der Waals surface area contributed by atoms with Crippen LogP contribution in [0.2, 0.25) is 0 Å². The first-order chi connectivity index (χ1) is 8.54. The highest BCUT2D eigenvalue weighted by atomic mass is 79.9. The lowest BCUT2D eigenvalue weighted by molar-refractivity contribution is 0.0874. The van der Waals surface area contributed by atoms with Gasteiger partial charge in [0.25, 0.3) is 5.91 Å². The van der Waals surface area contributed by atoms with Crippen molar-refractivity contribution in [2.75, 3.05) is 5.33 Å². The number of amides is 1. The van der Waals surface area contributed by atoms with Gasteiger partial charge in [-0.3, -0.25) is 4.79 Å². The minimum absolute atomic E-state index is 0.0270. The molecule has 0 aliphatic heterocycles. The number of nitrogens with one attached hydrogen (secondary N) is 1. The smallest absolute Gasteiger partial charge is 0.255 e. The van der Waals surface area contributed by atoms with Crippen molar-refractivity contribution < 1.29 is 9.21 Å². The average molecular weight is 314 g/mol. The third-order valence-corrected chi connectivity index (χ3v) is 4.93. The number of carbonyl (C=O) groups is 1. The highest BCUT2D eigenvalue weighted by molar-refractivity contribution is 9.09. The minimum Gasteiger partial charge on any atom is -0.469 e. The Hall–Kier alpha value is -0.770. The zero-order chi connectivity index (χ0) is 13.2. The van der Waals surface area contributed by atoms with Gasteiger partial charge in [0.05, 0.1) is 11.1 Å². The number of halogens is 1. The van der Waals surface area contributed by atoms with Crippen molar-refractivity contribution in [3.8, 4) is 0 Å². The molecule has 1 aliphatic carbocycles. The van der Waals surface area contributed by atoms with E-state index in [4.69, 9.17) is 4.42 Å². The van der Waals surface area contributed by atoms with Gasteiger partial charge in [0, 0.05) is 5.33 Å². The fourth-order valence-electron chi connectivity index (χ4n) is 2.48. The molecule has 0 aromatic carbocycles. The summed E-state index contributed by atoms with van der Waals surface area (Å²) in [5, 5.41) is 4.00. The Morgan fingerprint density at radius 2 is 2.22 bits per heavy atom. The van der Waals surface area contributed by atoms with Gasteiger partial charge >= 0.3 is 0 Å². The number of aryl methyl sites for hydroxylation is 1. The number of alkyl halides is 1. The van der Waals surface area contributed by atoms with E-state index in [1.165, 1.54) is 19.1 Å². The van der Waals surface area contributed by atoms with Crippen LogP contribution in [-0.2, 0) is 0 Å². The molecule has 1 fully saturated rings. The number of furan rings is 1. The van der Waals surface area contributed by atoms with Crippen LogP contribution >= 0.6 is 15.9 Å². The van der Waals surface area contributed by atoms with Gasteiger partial charge in [0.15, 0.2) is 0 Å². The number of rotatable bonds is 3. The van der Waals surface area contributed by atoms with E-state index < -0.39 is 0 Å². The largest absolute Gasteiger partial charge is 0.469 e. The molecular formula is C14H20BrNO2. The second-order valence-corrected chi connectivity index (χ2v) is 6.06. The Labute approximate surface area is 116 Å². The molecule has 18 heavy (non-hydrogen) atoms. The Morgan fingerprint density at radius 1 is 1.56 bits per heavy atom. The van der Waals surface area contributed by atoms with Crippen LogP contribution in [0.25, 0.3) is 0 Å². The molecular weight excluding hydrogens is 294 g/mol. The highest BCUT2D eigenvalue weighted by Crippen LogP contribution is 2.33. The summed E-state index contributed by atoms with van der Waals surface area (Å²) in [4.78, 5) is 12.2. The van der Waals surface area contributed by atoms with Gasteiger partial charge in [-0.05, 0) is 44.6 Å². The normalized spacial score (nSPS) is 28.1. The zero-order valence-corrected chi connectivity index (χ0v) is 12.5. The molecule has 1 saturated carbocycles. The van der Waals surface area contributed by atoms with Crippen LogP contribution in [0.3, 0.4) is 0 Å². The molecule has 0 atom stereocenters. The summed E-state index contributed by atoms with van der Waals surface area (Å²) < 4.78 is 5.19. The first-order valence-corrected chi connectivity index (χ1v) is 7.60. The molecule has 3 nitrogen and oxygen atoms in total. The molecule has 1 N–H and O–H groups in total. The Balaban J connectivity index is 2.04. The van der Waals surface area contributed by atoms with Gasteiger partial charge in [-0.15, -0.1) is 0 Å². The quantitative estimate of drug-likeness (QED) is 0.865. The first-order valence-electron chi connectivity index (χ1n) is 6.48. The standard InChI is InChI=1S/C14H20BrNO2/c1-10-3-5-14(9-15,6-4-10)16-13(17)12-7-11(2)18-8-12/h7-8,10H,3-6,9H2,1-2H3,(H,16,17). The van der Waals surface area contributed by atoms with E-state index >= 15 is 0 Å². The van der Waals surface area contributed by atoms with Crippen molar-refractivity contribution >= 4 is 21.8 Å². The van der Waals surface area contributed by atoms with E-state index in [-0.39, 0.29) is 11.4 Å². The van der Waals surface area contributed by atoms with Crippen LogP contribution in [-0.4, -0.2) is 16.8 Å². The van der Waals surface area contributed by atoms with Gasteiger partial charge < -0.3 is 9.73 Å². The van der Waals surface area contributed by atoms with Gasteiger partial charge in [-0.25, -0.2) is 0 Å². The van der Waals surface area contributed by atoms with Gasteiger partial charge in [-0.1, -0.05) is 22.9 Å². The summed E-state index contributed by atoms with van der Waals surface area (Å²) >= 11 is 3.56. The summed E-state index contributed by atoms with van der Waals surface area (Å²) in [5.41, 5.74) is 0.529. The number of hydrogen-bond acceptors (Lipinski definition) is 2. The summed E-state index contributed by atoms with van der Waals surface area (Å²) in [7, 11) is 0. The molecule has 1 aromatic heterocycles. The molecule has 1 aliphatic rings. The van der Waals surface area contributed by atoms with Crippen molar-refractivity contribution in [2.45, 2.75) is 45.1 Å².